The van der Waals surface area contributed by atoms with Crippen LogP contribution in [-0.4, -0.2) is 25.1 Å². The van der Waals surface area contributed by atoms with Gasteiger partial charge in [-0.1, -0.05) is 0 Å². The zero-order valence-electron chi connectivity index (χ0n) is 9.04. The van der Waals surface area contributed by atoms with Gasteiger partial charge in [-0.05, 0) is 31.8 Å². The van der Waals surface area contributed by atoms with Crippen LogP contribution >= 0.6 is 0 Å². The maximum atomic E-state index is 11.6. The summed E-state index contributed by atoms with van der Waals surface area (Å²) in [5.74, 6) is 0.715. The van der Waals surface area contributed by atoms with Gasteiger partial charge in [-0.15, -0.1) is 0 Å². The molecule has 1 saturated heterocycles. The van der Waals surface area contributed by atoms with Gasteiger partial charge in [0.2, 0.25) is 0 Å². The fourth-order valence-electron chi connectivity index (χ4n) is 2.06. The van der Waals surface area contributed by atoms with Crippen molar-refractivity contribution in [1.29, 1.82) is 0 Å². The van der Waals surface area contributed by atoms with Crippen LogP contribution in [0.2, 0.25) is 0 Å². The fraction of sp³-hybridized carbons (Fsp3) is 0.750. The molecule has 0 aromatic carbocycles. The molecular formula is C12H18O3. The summed E-state index contributed by atoms with van der Waals surface area (Å²) >= 11 is 0. The van der Waals surface area contributed by atoms with Crippen molar-refractivity contribution < 1.29 is 14.3 Å². The summed E-state index contributed by atoms with van der Waals surface area (Å²) in [6.45, 7) is 1.53. The second-order valence-electron chi connectivity index (χ2n) is 4.16. The predicted molar refractivity (Wildman–Crippen MR) is 56.5 cm³/mol. The topological polar surface area (TPSA) is 35.5 Å². The van der Waals surface area contributed by atoms with E-state index in [1.54, 1.807) is 0 Å². The normalized spacial score (nSPS) is 25.9. The molecule has 0 saturated carbocycles. The standard InChI is InChI=1S/C12H18O3/c13-11(12-5-3-9-15-12)7-6-10-4-1-2-8-14-10/h5,10H,1-4,6-9H2. The first-order chi connectivity index (χ1) is 7.36. The molecule has 0 aliphatic carbocycles. The number of carbonyl (C=O) groups is 1. The molecule has 0 radical (unpaired) electrons. The summed E-state index contributed by atoms with van der Waals surface area (Å²) in [6.07, 6.45) is 7.98. The van der Waals surface area contributed by atoms with E-state index in [0.717, 1.165) is 25.9 Å². The van der Waals surface area contributed by atoms with Crippen LogP contribution < -0.4 is 0 Å². The lowest BCUT2D eigenvalue weighted by Gasteiger charge is -2.22. The fourth-order valence-corrected chi connectivity index (χ4v) is 2.06. The predicted octanol–water partition coefficient (Wildman–Crippen LogP) is 2.21. The Morgan fingerprint density at radius 3 is 3.00 bits per heavy atom. The van der Waals surface area contributed by atoms with Crippen molar-refractivity contribution in [2.24, 2.45) is 0 Å². The van der Waals surface area contributed by atoms with Crippen LogP contribution in [0.4, 0.5) is 0 Å². The molecule has 15 heavy (non-hydrogen) atoms. The number of ketones is 1. The highest BCUT2D eigenvalue weighted by atomic mass is 16.5. The minimum Gasteiger partial charge on any atom is -0.490 e. The largest absolute Gasteiger partial charge is 0.490 e. The Morgan fingerprint density at radius 2 is 2.33 bits per heavy atom. The maximum absolute atomic E-state index is 11.6. The van der Waals surface area contributed by atoms with Crippen LogP contribution in [0.5, 0.6) is 0 Å². The van der Waals surface area contributed by atoms with Gasteiger partial charge in [0.05, 0.1) is 12.7 Å². The van der Waals surface area contributed by atoms with Crippen LogP contribution in [0.1, 0.15) is 38.5 Å². The summed E-state index contributed by atoms with van der Waals surface area (Å²) in [5.41, 5.74) is 0. The van der Waals surface area contributed by atoms with Crippen LogP contribution in [0.3, 0.4) is 0 Å². The zero-order valence-corrected chi connectivity index (χ0v) is 9.04. The van der Waals surface area contributed by atoms with Crippen molar-refractivity contribution in [2.75, 3.05) is 13.2 Å². The number of Topliss-reactive ketones (excluding diaryl/α,β-unsaturated/α-hetero) is 1. The SMILES string of the molecule is O=C(CCC1CCCCO1)C1=CCCO1. The number of allylic oxidation sites excluding steroid dienone is 1. The molecular weight excluding hydrogens is 192 g/mol. The Labute approximate surface area is 90.4 Å². The van der Waals surface area contributed by atoms with Gasteiger partial charge < -0.3 is 9.47 Å². The minimum absolute atomic E-state index is 0.140. The first-order valence-corrected chi connectivity index (χ1v) is 5.84. The van der Waals surface area contributed by atoms with E-state index >= 15 is 0 Å². The third-order valence-electron chi connectivity index (χ3n) is 2.95. The number of rotatable bonds is 4. The van der Waals surface area contributed by atoms with Crippen molar-refractivity contribution in [3.8, 4) is 0 Å². The lowest BCUT2D eigenvalue weighted by Crippen LogP contribution is -2.20. The summed E-state index contributed by atoms with van der Waals surface area (Å²) in [4.78, 5) is 11.6. The van der Waals surface area contributed by atoms with Gasteiger partial charge in [0.25, 0.3) is 0 Å². The highest BCUT2D eigenvalue weighted by Gasteiger charge is 2.19. The quantitative estimate of drug-likeness (QED) is 0.713. The Balaban J connectivity index is 1.70. The van der Waals surface area contributed by atoms with E-state index in [1.807, 2.05) is 6.08 Å². The van der Waals surface area contributed by atoms with Crippen LogP contribution in [0.15, 0.2) is 11.8 Å². The maximum Gasteiger partial charge on any atom is 0.197 e. The van der Waals surface area contributed by atoms with E-state index in [9.17, 15) is 4.79 Å². The monoisotopic (exact) mass is 210 g/mol. The van der Waals surface area contributed by atoms with E-state index in [0.29, 0.717) is 24.9 Å². The number of ether oxygens (including phenoxy) is 2. The van der Waals surface area contributed by atoms with Gasteiger partial charge in [0, 0.05) is 19.4 Å². The number of hydrogen-bond acceptors (Lipinski definition) is 3. The average Bonchev–Trinajstić information content (AvgIpc) is 2.81. The van der Waals surface area contributed by atoms with E-state index in [1.165, 1.54) is 12.8 Å². The van der Waals surface area contributed by atoms with Gasteiger partial charge in [0.15, 0.2) is 11.5 Å². The molecule has 0 spiro atoms. The molecule has 2 aliphatic heterocycles. The van der Waals surface area contributed by atoms with Gasteiger partial charge >= 0.3 is 0 Å². The van der Waals surface area contributed by atoms with Crippen LogP contribution in [0, 0.1) is 0 Å². The Hall–Kier alpha value is -0.830. The molecule has 1 fully saturated rings. The molecule has 3 nitrogen and oxygen atoms in total. The van der Waals surface area contributed by atoms with Crippen molar-refractivity contribution in [1.82, 2.24) is 0 Å². The molecule has 0 N–H and O–H groups in total. The van der Waals surface area contributed by atoms with Crippen molar-refractivity contribution in [2.45, 2.75) is 44.6 Å². The molecule has 0 aromatic rings. The van der Waals surface area contributed by atoms with Gasteiger partial charge in [0.1, 0.15) is 0 Å². The Bertz CT molecular complexity index is 252. The molecule has 84 valence electrons. The zero-order chi connectivity index (χ0) is 10.5. The Kier molecular flexibility index (Phi) is 3.78. The molecule has 1 unspecified atom stereocenters. The smallest absolute Gasteiger partial charge is 0.197 e. The van der Waals surface area contributed by atoms with E-state index in [-0.39, 0.29) is 5.78 Å². The molecule has 2 rings (SSSR count). The lowest BCUT2D eigenvalue weighted by molar-refractivity contribution is -0.119. The molecule has 0 amide bonds. The number of hydrogen-bond donors (Lipinski definition) is 0. The molecule has 0 bridgehead atoms. The third kappa shape index (κ3) is 3.06. The summed E-state index contributed by atoms with van der Waals surface area (Å²) in [6, 6.07) is 0. The Morgan fingerprint density at radius 1 is 1.40 bits per heavy atom. The van der Waals surface area contributed by atoms with E-state index in [2.05, 4.69) is 0 Å². The van der Waals surface area contributed by atoms with Crippen molar-refractivity contribution in [3.63, 3.8) is 0 Å². The molecule has 3 heteroatoms. The second-order valence-corrected chi connectivity index (χ2v) is 4.16. The summed E-state index contributed by atoms with van der Waals surface area (Å²) in [5, 5.41) is 0. The average molecular weight is 210 g/mol. The first kappa shape index (κ1) is 10.7. The highest BCUT2D eigenvalue weighted by Crippen LogP contribution is 2.19. The van der Waals surface area contributed by atoms with E-state index in [4.69, 9.17) is 9.47 Å². The third-order valence-corrected chi connectivity index (χ3v) is 2.95. The van der Waals surface area contributed by atoms with Gasteiger partial charge in [-0.2, -0.15) is 0 Å². The molecule has 2 aliphatic rings. The lowest BCUT2D eigenvalue weighted by atomic mass is 10.0. The summed E-state index contributed by atoms with van der Waals surface area (Å²) in [7, 11) is 0. The van der Waals surface area contributed by atoms with Gasteiger partial charge in [-0.25, -0.2) is 0 Å². The molecule has 2 heterocycles. The molecule has 1 atom stereocenters. The molecule has 0 aromatic heterocycles. The van der Waals surface area contributed by atoms with E-state index < -0.39 is 0 Å². The van der Waals surface area contributed by atoms with Crippen molar-refractivity contribution in [3.05, 3.63) is 11.8 Å². The number of carbonyl (C=O) groups excluding carboxylic acids is 1. The minimum atomic E-state index is 0.140. The summed E-state index contributed by atoms with van der Waals surface area (Å²) < 4.78 is 10.8. The second kappa shape index (κ2) is 5.31. The van der Waals surface area contributed by atoms with Gasteiger partial charge in [-0.3, -0.25) is 4.79 Å². The van der Waals surface area contributed by atoms with Crippen LogP contribution in [0.25, 0.3) is 0 Å². The van der Waals surface area contributed by atoms with Crippen LogP contribution in [-0.2, 0) is 14.3 Å². The van der Waals surface area contributed by atoms with Crippen molar-refractivity contribution >= 4 is 5.78 Å². The highest BCUT2D eigenvalue weighted by molar-refractivity contribution is 5.93. The first-order valence-electron chi connectivity index (χ1n) is 5.84.